The number of piperazine rings is 1. The summed E-state index contributed by atoms with van der Waals surface area (Å²) in [6.07, 6.45) is 8.52. The van der Waals surface area contributed by atoms with Crippen molar-refractivity contribution in [2.24, 2.45) is 11.8 Å². The minimum absolute atomic E-state index is 0.0177. The van der Waals surface area contributed by atoms with Gasteiger partial charge in [-0.2, -0.15) is 0 Å². The van der Waals surface area contributed by atoms with Crippen LogP contribution in [0.15, 0.2) is 60.8 Å². The number of likely N-dealkylation sites (tertiary alicyclic amines) is 1. The molecule has 2 saturated heterocycles. The van der Waals surface area contributed by atoms with Crippen LogP contribution in [0.1, 0.15) is 88.0 Å². The van der Waals surface area contributed by atoms with Crippen LogP contribution in [0.25, 0.3) is 0 Å². The number of nitrogens with one attached hydrogen (secondary N) is 2. The second-order valence-electron chi connectivity index (χ2n) is 11.2. The highest BCUT2D eigenvalue weighted by Gasteiger charge is 2.36. The summed E-state index contributed by atoms with van der Waals surface area (Å²) >= 11 is 0. The van der Waals surface area contributed by atoms with Gasteiger partial charge in [0.15, 0.2) is 0 Å². The maximum absolute atomic E-state index is 12.7. The smallest absolute Gasteiger partial charge is 0.240 e. The molecule has 5 rings (SSSR count). The highest BCUT2D eigenvalue weighted by molar-refractivity contribution is 5.80. The molecule has 2 aromatic rings. The molecule has 0 bridgehead atoms. The van der Waals surface area contributed by atoms with Crippen LogP contribution in [-0.2, 0) is 24.2 Å². The highest BCUT2D eigenvalue weighted by atomic mass is 16.2. The van der Waals surface area contributed by atoms with Crippen molar-refractivity contribution in [1.82, 2.24) is 20.5 Å². The standard InChI is InChI=1S/C27H33N3O.C5H12.C2H6.CH6N2/c1-19-27(24-15-21-7-3-4-8-22(21)16-24)28-26(31)18-30(19)17-23-9-5-6-10-25(23)20-11-13-29(2)14-12-20;1-3-5-4-2;1-2;1-3-2/h3-10,20,24,27H,1,11-18H2,2H3,(H,28,31);3-5H2,1-2H3;1-2H3;3H,2H2,1H3. The first kappa shape index (κ1) is 34.5. The SMILES string of the molecule is C=C1C(C2Cc3ccccc3C2)NC(=O)CN1Cc1ccccc1C1CCN(C)CC1.CC.CCCCC.CNN. The fourth-order valence-electron chi connectivity index (χ4n) is 6.11. The number of hydrogen-bond donors (Lipinski definition) is 3. The molecule has 6 heteroatoms. The molecule has 1 amide bonds. The van der Waals surface area contributed by atoms with Crippen LogP contribution < -0.4 is 16.6 Å². The van der Waals surface area contributed by atoms with Crippen LogP contribution in [0, 0.1) is 5.92 Å². The second-order valence-corrected chi connectivity index (χ2v) is 11.2. The van der Waals surface area contributed by atoms with Gasteiger partial charge in [-0.1, -0.05) is 102 Å². The van der Waals surface area contributed by atoms with Crippen molar-refractivity contribution < 1.29 is 4.79 Å². The Morgan fingerprint density at radius 2 is 1.51 bits per heavy atom. The zero-order valence-corrected chi connectivity index (χ0v) is 26.7. The third-order valence-electron chi connectivity index (χ3n) is 8.25. The van der Waals surface area contributed by atoms with Crippen molar-refractivity contribution >= 4 is 5.91 Å². The van der Waals surface area contributed by atoms with Gasteiger partial charge in [-0.3, -0.25) is 16.1 Å². The van der Waals surface area contributed by atoms with Gasteiger partial charge in [0.25, 0.3) is 0 Å². The average molecular weight is 564 g/mol. The Labute approximate surface area is 250 Å². The molecule has 2 aromatic carbocycles. The Hall–Kier alpha value is -2.67. The zero-order valence-electron chi connectivity index (χ0n) is 26.7. The molecular formula is C35H57N5O. The van der Waals surface area contributed by atoms with Crippen molar-refractivity contribution in [2.75, 3.05) is 33.7 Å². The van der Waals surface area contributed by atoms with Gasteiger partial charge in [0.1, 0.15) is 0 Å². The van der Waals surface area contributed by atoms with Gasteiger partial charge in [0.05, 0.1) is 12.6 Å². The fourth-order valence-corrected chi connectivity index (χ4v) is 6.11. The minimum atomic E-state index is 0.0177. The summed E-state index contributed by atoms with van der Waals surface area (Å²) in [7, 11) is 3.86. The maximum Gasteiger partial charge on any atom is 0.240 e. The molecule has 4 N–H and O–H groups in total. The summed E-state index contributed by atoms with van der Waals surface area (Å²) in [5, 5.41) is 3.26. The lowest BCUT2D eigenvalue weighted by atomic mass is 9.86. The van der Waals surface area contributed by atoms with E-state index in [4.69, 9.17) is 0 Å². The summed E-state index contributed by atoms with van der Waals surface area (Å²) < 4.78 is 0. The topological polar surface area (TPSA) is 73.6 Å². The number of hydrazine groups is 1. The van der Waals surface area contributed by atoms with E-state index in [0.29, 0.717) is 18.4 Å². The Bertz CT molecular complexity index is 1020. The molecule has 3 aliphatic rings. The Kier molecular flexibility index (Phi) is 15.7. The van der Waals surface area contributed by atoms with Crippen LogP contribution in [0.2, 0.25) is 0 Å². The normalized spacial score (nSPS) is 19.1. The number of rotatable bonds is 6. The third kappa shape index (κ3) is 10.3. The maximum atomic E-state index is 12.7. The van der Waals surface area contributed by atoms with E-state index in [2.05, 4.69) is 102 Å². The average Bonchev–Trinajstić information content (AvgIpc) is 3.42. The van der Waals surface area contributed by atoms with Crippen molar-refractivity contribution in [2.45, 2.75) is 91.1 Å². The van der Waals surface area contributed by atoms with Crippen molar-refractivity contribution in [3.05, 3.63) is 83.1 Å². The van der Waals surface area contributed by atoms with E-state index < -0.39 is 0 Å². The van der Waals surface area contributed by atoms with Crippen LogP contribution in [0.4, 0.5) is 0 Å². The molecule has 6 nitrogen and oxygen atoms in total. The second kappa shape index (κ2) is 18.7. The van der Waals surface area contributed by atoms with Crippen molar-refractivity contribution in [3.63, 3.8) is 0 Å². The fraction of sp³-hybridized carbons (Fsp3) is 0.571. The van der Waals surface area contributed by atoms with Gasteiger partial charge in [-0.25, -0.2) is 0 Å². The number of amides is 1. The lowest BCUT2D eigenvalue weighted by Gasteiger charge is -2.40. The molecule has 1 aliphatic carbocycles. The number of benzene rings is 2. The van der Waals surface area contributed by atoms with Gasteiger partial charge < -0.3 is 15.1 Å². The van der Waals surface area contributed by atoms with Crippen LogP contribution in [0.3, 0.4) is 0 Å². The van der Waals surface area contributed by atoms with E-state index in [1.165, 1.54) is 54.4 Å². The summed E-state index contributed by atoms with van der Waals surface area (Å²) in [6.45, 7) is 16.4. The molecule has 0 spiro atoms. The number of nitrogens with zero attached hydrogens (tertiary/aromatic N) is 2. The van der Waals surface area contributed by atoms with E-state index in [-0.39, 0.29) is 11.9 Å². The monoisotopic (exact) mass is 563 g/mol. The van der Waals surface area contributed by atoms with E-state index in [9.17, 15) is 4.79 Å². The predicted molar refractivity (Wildman–Crippen MR) is 175 cm³/mol. The summed E-state index contributed by atoms with van der Waals surface area (Å²) in [5.74, 6) is 5.71. The molecular weight excluding hydrogens is 506 g/mol. The number of carbonyl (C=O) groups is 1. The van der Waals surface area contributed by atoms with Crippen molar-refractivity contribution in [3.8, 4) is 0 Å². The Morgan fingerprint density at radius 1 is 0.976 bits per heavy atom. The first-order valence-electron chi connectivity index (χ1n) is 15.8. The van der Waals surface area contributed by atoms with E-state index in [1.807, 2.05) is 13.8 Å². The molecule has 2 aliphatic heterocycles. The van der Waals surface area contributed by atoms with E-state index in [1.54, 1.807) is 7.05 Å². The molecule has 228 valence electrons. The number of hydrogen-bond acceptors (Lipinski definition) is 5. The first-order chi connectivity index (χ1) is 19.9. The first-order valence-corrected chi connectivity index (χ1v) is 15.8. The van der Waals surface area contributed by atoms with Gasteiger partial charge in [-0.05, 0) is 87.0 Å². The number of nitrogens with two attached hydrogens (primary N) is 1. The summed E-state index contributed by atoms with van der Waals surface area (Å²) in [4.78, 5) is 17.3. The zero-order chi connectivity index (χ0) is 30.2. The third-order valence-corrected chi connectivity index (χ3v) is 8.25. The highest BCUT2D eigenvalue weighted by Crippen LogP contribution is 2.35. The minimum Gasteiger partial charge on any atom is -0.360 e. The number of carbonyl (C=O) groups excluding carboxylic acids is 1. The molecule has 0 saturated carbocycles. The molecule has 1 atom stereocenters. The summed E-state index contributed by atoms with van der Waals surface area (Å²) in [6, 6.07) is 17.5. The molecule has 41 heavy (non-hydrogen) atoms. The van der Waals surface area contributed by atoms with Gasteiger partial charge in [0.2, 0.25) is 5.91 Å². The van der Waals surface area contributed by atoms with Crippen molar-refractivity contribution in [1.29, 1.82) is 0 Å². The van der Waals surface area contributed by atoms with Gasteiger partial charge >= 0.3 is 0 Å². The molecule has 0 radical (unpaired) electrons. The Morgan fingerprint density at radius 3 is 2.05 bits per heavy atom. The van der Waals surface area contributed by atoms with Crippen LogP contribution >= 0.6 is 0 Å². The Balaban J connectivity index is 0.000000517. The molecule has 2 fully saturated rings. The quantitative estimate of drug-likeness (QED) is 0.296. The summed E-state index contributed by atoms with van der Waals surface area (Å²) in [5.41, 5.74) is 8.95. The largest absolute Gasteiger partial charge is 0.360 e. The van der Waals surface area contributed by atoms with Gasteiger partial charge in [0, 0.05) is 12.2 Å². The number of unbranched alkanes of at least 4 members (excludes halogenated alkanes) is 2. The van der Waals surface area contributed by atoms with Gasteiger partial charge in [-0.15, -0.1) is 0 Å². The van der Waals surface area contributed by atoms with Crippen LogP contribution in [-0.4, -0.2) is 55.5 Å². The molecule has 0 aromatic heterocycles. The number of fused-ring (bicyclic) bond motifs is 1. The predicted octanol–water partition coefficient (Wildman–Crippen LogP) is 6.03. The van der Waals surface area contributed by atoms with E-state index in [0.717, 1.165) is 38.2 Å². The van der Waals surface area contributed by atoms with E-state index >= 15 is 0 Å². The lowest BCUT2D eigenvalue weighted by molar-refractivity contribution is -0.124. The molecule has 1 unspecified atom stereocenters. The van der Waals surface area contributed by atoms with Crippen LogP contribution in [0.5, 0.6) is 0 Å². The molecule has 2 heterocycles. The number of piperidine rings is 1. The lowest BCUT2D eigenvalue weighted by Crippen LogP contribution is -2.54.